The molecule has 0 bridgehead atoms. The number of nitrogens with zero attached hydrogens (tertiary/aromatic N) is 5. The highest BCUT2D eigenvalue weighted by molar-refractivity contribution is 7.13. The summed E-state index contributed by atoms with van der Waals surface area (Å²) in [5.74, 6) is -2.16. The number of halogens is 2. The van der Waals surface area contributed by atoms with E-state index in [9.17, 15) is 13.9 Å². The molecule has 2 atom stereocenters. The Morgan fingerprint density at radius 2 is 1.88 bits per heavy atom. The number of aromatic nitrogens is 5. The number of benzene rings is 2. The van der Waals surface area contributed by atoms with E-state index in [0.29, 0.717) is 5.01 Å². The molecule has 0 saturated heterocycles. The molecule has 10 heteroatoms. The molecule has 172 valence electrons. The number of rotatable bonds is 7. The summed E-state index contributed by atoms with van der Waals surface area (Å²) < 4.78 is 29.8. The average molecular weight is 496 g/mol. The molecular weight excluding hydrogens is 476 g/mol. The normalized spacial score (nSPS) is 14.1. The Kier molecular flexibility index (Phi) is 6.03. The smallest absolute Gasteiger partial charge is 0.137 e. The molecule has 3 heterocycles. The summed E-state index contributed by atoms with van der Waals surface area (Å²) in [6.07, 6.45) is 4.55. The molecule has 0 spiro atoms. The first-order chi connectivity index (χ1) is 16.4. The molecule has 0 fully saturated rings. The van der Waals surface area contributed by atoms with Crippen LogP contribution in [-0.4, -0.2) is 29.8 Å². The molecule has 0 aliphatic heterocycles. The van der Waals surface area contributed by atoms with Crippen LogP contribution in [0.1, 0.15) is 23.4 Å². The van der Waals surface area contributed by atoms with Gasteiger partial charge >= 0.3 is 0 Å². The van der Waals surface area contributed by atoms with E-state index in [4.69, 9.17) is 4.98 Å². The van der Waals surface area contributed by atoms with Gasteiger partial charge in [-0.05, 0) is 6.07 Å². The largest absolute Gasteiger partial charge is 0.382 e. The first kappa shape index (κ1) is 22.5. The van der Waals surface area contributed by atoms with Gasteiger partial charge in [0.15, 0.2) is 0 Å². The fourth-order valence-corrected chi connectivity index (χ4v) is 5.45. The summed E-state index contributed by atoms with van der Waals surface area (Å²) in [6, 6.07) is 11.1. The zero-order valence-electron chi connectivity index (χ0n) is 18.0. The van der Waals surface area contributed by atoms with Gasteiger partial charge in [-0.25, -0.2) is 28.4 Å². The van der Waals surface area contributed by atoms with Crippen molar-refractivity contribution in [3.8, 4) is 21.8 Å². The van der Waals surface area contributed by atoms with Crippen LogP contribution >= 0.6 is 22.7 Å². The fourth-order valence-electron chi connectivity index (χ4n) is 3.83. The van der Waals surface area contributed by atoms with Crippen LogP contribution in [0.3, 0.4) is 0 Å². The van der Waals surface area contributed by atoms with E-state index in [1.807, 2.05) is 35.0 Å². The first-order valence-corrected chi connectivity index (χ1v) is 12.2. The van der Waals surface area contributed by atoms with E-state index in [2.05, 4.69) is 15.1 Å². The van der Waals surface area contributed by atoms with Crippen molar-refractivity contribution in [2.45, 2.75) is 25.0 Å². The minimum absolute atomic E-state index is 0.0264. The van der Waals surface area contributed by atoms with Gasteiger partial charge in [0.2, 0.25) is 0 Å². The zero-order valence-corrected chi connectivity index (χ0v) is 19.6. The van der Waals surface area contributed by atoms with Gasteiger partial charge < -0.3 is 5.11 Å². The molecule has 5 aromatic rings. The third-order valence-electron chi connectivity index (χ3n) is 5.74. The second-order valence-electron chi connectivity index (χ2n) is 7.85. The number of hydrogen-bond donors (Lipinski definition) is 1. The molecule has 0 aliphatic rings. The number of hydrogen-bond acceptors (Lipinski definition) is 7. The van der Waals surface area contributed by atoms with Crippen LogP contribution in [0.2, 0.25) is 0 Å². The van der Waals surface area contributed by atoms with Crippen molar-refractivity contribution >= 4 is 22.7 Å². The quantitative estimate of drug-likeness (QED) is 0.323. The maximum Gasteiger partial charge on any atom is 0.137 e. The molecule has 1 N–H and O–H groups in total. The Balaban J connectivity index is 1.48. The summed E-state index contributed by atoms with van der Waals surface area (Å²) in [7, 11) is 0. The minimum atomic E-state index is -1.74. The topological polar surface area (TPSA) is 76.7 Å². The summed E-state index contributed by atoms with van der Waals surface area (Å²) in [5.41, 5.74) is 0.927. The highest BCUT2D eigenvalue weighted by atomic mass is 32.1. The summed E-state index contributed by atoms with van der Waals surface area (Å²) >= 11 is 2.95. The Morgan fingerprint density at radius 1 is 1.09 bits per heavy atom. The van der Waals surface area contributed by atoms with Crippen molar-refractivity contribution < 1.29 is 13.9 Å². The molecule has 0 unspecified atom stereocenters. The van der Waals surface area contributed by atoms with Gasteiger partial charge in [0.25, 0.3) is 0 Å². The number of aliphatic hydroxyl groups is 1. The third kappa shape index (κ3) is 4.27. The average Bonchev–Trinajstić information content (AvgIpc) is 3.61. The Labute approximate surface area is 202 Å². The van der Waals surface area contributed by atoms with E-state index in [-0.39, 0.29) is 12.1 Å². The van der Waals surface area contributed by atoms with Gasteiger partial charge in [0, 0.05) is 45.6 Å². The monoisotopic (exact) mass is 495 g/mol. The van der Waals surface area contributed by atoms with Crippen LogP contribution in [0.4, 0.5) is 8.78 Å². The Morgan fingerprint density at radius 3 is 2.56 bits per heavy atom. The lowest BCUT2D eigenvalue weighted by molar-refractivity contribution is -0.0112. The Hall–Kier alpha value is -3.34. The highest BCUT2D eigenvalue weighted by Gasteiger charge is 2.41. The van der Waals surface area contributed by atoms with Crippen molar-refractivity contribution in [2.24, 2.45) is 0 Å². The molecule has 2 aromatic carbocycles. The summed E-state index contributed by atoms with van der Waals surface area (Å²) in [5, 5.41) is 21.2. The van der Waals surface area contributed by atoms with Crippen LogP contribution in [0.15, 0.2) is 72.1 Å². The predicted octanol–water partition coefficient (Wildman–Crippen LogP) is 5.49. The van der Waals surface area contributed by atoms with Crippen LogP contribution in [0.5, 0.6) is 0 Å². The summed E-state index contributed by atoms with van der Waals surface area (Å²) in [6.45, 7) is 1.70. The van der Waals surface area contributed by atoms with Gasteiger partial charge in [-0.15, -0.1) is 22.7 Å². The van der Waals surface area contributed by atoms with Crippen molar-refractivity contribution in [1.29, 1.82) is 0 Å². The van der Waals surface area contributed by atoms with Gasteiger partial charge in [-0.2, -0.15) is 5.10 Å². The van der Waals surface area contributed by atoms with Gasteiger partial charge in [0.1, 0.15) is 34.9 Å². The van der Waals surface area contributed by atoms with Gasteiger partial charge in [-0.3, -0.25) is 0 Å². The maximum atomic E-state index is 14.8. The lowest BCUT2D eigenvalue weighted by Crippen LogP contribution is -2.38. The fraction of sp³-hybridized carbons (Fsp3) is 0.167. The standard InChI is InChI=1S/C24H19F2N5OS2/c1-15(24(32,12-31-14-27-13-29-31)19-7-6-18(25)10-20(19)26)22-30-21(11-34-22)16-2-4-17(5-3-16)23-28-8-9-33-23/h2-11,13-15,32H,12H2,1H3/t15-,24+/m0/s1. The lowest BCUT2D eigenvalue weighted by atomic mass is 9.82. The maximum absolute atomic E-state index is 14.8. The van der Waals surface area contributed by atoms with Crippen LogP contribution in [0.25, 0.3) is 21.8 Å². The number of thiazole rings is 2. The molecule has 0 amide bonds. The minimum Gasteiger partial charge on any atom is -0.382 e. The summed E-state index contributed by atoms with van der Waals surface area (Å²) in [4.78, 5) is 13.0. The van der Waals surface area contributed by atoms with Crippen LogP contribution < -0.4 is 0 Å². The van der Waals surface area contributed by atoms with Crippen molar-refractivity contribution in [3.05, 3.63) is 94.3 Å². The molecule has 5 rings (SSSR count). The van der Waals surface area contributed by atoms with E-state index < -0.39 is 23.2 Å². The third-order valence-corrected chi connectivity index (χ3v) is 7.59. The second kappa shape index (κ2) is 9.13. The Bertz CT molecular complexity index is 1390. The van der Waals surface area contributed by atoms with Crippen molar-refractivity contribution in [1.82, 2.24) is 24.7 Å². The lowest BCUT2D eigenvalue weighted by Gasteiger charge is -2.33. The second-order valence-corrected chi connectivity index (χ2v) is 9.63. The molecule has 34 heavy (non-hydrogen) atoms. The van der Waals surface area contributed by atoms with E-state index >= 15 is 0 Å². The van der Waals surface area contributed by atoms with Gasteiger partial charge in [0.05, 0.1) is 17.2 Å². The van der Waals surface area contributed by atoms with Crippen molar-refractivity contribution in [2.75, 3.05) is 0 Å². The molecule has 0 radical (unpaired) electrons. The molecule has 3 aromatic heterocycles. The molecule has 0 saturated carbocycles. The SMILES string of the molecule is C[C@@H](c1nc(-c2ccc(-c3nccs3)cc2)cs1)[C@](O)(Cn1cncn1)c1ccc(F)cc1F. The zero-order chi connectivity index (χ0) is 23.7. The van der Waals surface area contributed by atoms with Crippen molar-refractivity contribution in [3.63, 3.8) is 0 Å². The molecule has 6 nitrogen and oxygen atoms in total. The van der Waals surface area contributed by atoms with E-state index in [1.54, 1.807) is 24.5 Å². The van der Waals surface area contributed by atoms with Crippen LogP contribution in [0, 0.1) is 11.6 Å². The van der Waals surface area contributed by atoms with E-state index in [0.717, 1.165) is 34.0 Å². The molecular formula is C24H19F2N5OS2. The molecule has 0 aliphatic carbocycles. The van der Waals surface area contributed by atoms with E-state index in [1.165, 1.54) is 34.7 Å². The highest BCUT2D eigenvalue weighted by Crippen LogP contribution is 2.41. The predicted molar refractivity (Wildman–Crippen MR) is 127 cm³/mol. The first-order valence-electron chi connectivity index (χ1n) is 10.4. The van der Waals surface area contributed by atoms with Crippen LogP contribution in [-0.2, 0) is 12.1 Å². The van der Waals surface area contributed by atoms with Gasteiger partial charge in [-0.1, -0.05) is 37.3 Å².